The average Bonchev–Trinajstić information content (AvgIpc) is 2.96. The molecule has 0 spiro atoms. The molecule has 37 heavy (non-hydrogen) atoms. The number of carbonyl (C=O) groups is 2. The maximum Gasteiger partial charge on any atom is 2.00 e. The van der Waals surface area contributed by atoms with Crippen molar-refractivity contribution in [3.05, 3.63) is 132 Å². The molecule has 2 aromatic heterocycles. The number of carbonyl (C=O) groups excluding carboxylic acids is 2. The summed E-state index contributed by atoms with van der Waals surface area (Å²) in [6.45, 7) is 0. The van der Waals surface area contributed by atoms with Crippen LogP contribution >= 0.6 is 0 Å². The average molecular weight is 578 g/mol. The first-order valence-corrected chi connectivity index (χ1v) is 11.4. The fraction of sp³-hybridized carbons (Fsp3) is 0. The van der Waals surface area contributed by atoms with Gasteiger partial charge in [0, 0.05) is 12.4 Å². The third-order valence-electron chi connectivity index (χ3n) is 4.35. The quantitative estimate of drug-likeness (QED) is 0.119. The topological polar surface area (TPSA) is 109 Å². The molecule has 0 unspecified atom stereocenters. The van der Waals surface area contributed by atoms with Crippen LogP contribution in [0.1, 0.15) is 32.1 Å². The molecule has 180 valence electrons. The molecule has 4 rings (SSSR count). The normalized spacial score (nSPS) is 10.7. The predicted octanol–water partition coefficient (Wildman–Crippen LogP) is 3.44. The second-order valence-corrected chi connectivity index (χ2v) is 7.65. The number of nitrogens with zero attached hydrogens (tertiary/aromatic N) is 4. The van der Waals surface area contributed by atoms with Crippen molar-refractivity contribution in [2.24, 2.45) is 10.2 Å². The second kappa shape index (κ2) is 16.0. The molecule has 4 aromatic rings. The maximum atomic E-state index is 11.7. The van der Waals surface area contributed by atoms with Crippen LogP contribution in [0.2, 0.25) is 0 Å². The minimum atomic E-state index is -0.381. The molecule has 2 heterocycles. The number of benzene rings is 2. The van der Waals surface area contributed by atoms with E-state index in [-0.39, 0.29) is 31.3 Å². The monoisotopic (exact) mass is 576 g/mol. The van der Waals surface area contributed by atoms with Gasteiger partial charge in [-0.1, -0.05) is 82.9 Å². The van der Waals surface area contributed by atoms with Crippen LogP contribution in [-0.2, 0) is 44.7 Å². The summed E-state index contributed by atoms with van der Waals surface area (Å²) in [6, 6.07) is 28.7. The number of nitrogens with one attached hydrogen (secondary N) is 2. The molecular formula is C26H20N6O2S2Zn. The summed E-state index contributed by atoms with van der Waals surface area (Å²) in [5.41, 5.74) is 6.94. The van der Waals surface area contributed by atoms with Gasteiger partial charge in [-0.2, -0.15) is 0 Å². The summed E-state index contributed by atoms with van der Waals surface area (Å²) in [5.74, 6) is -0.761. The summed E-state index contributed by atoms with van der Waals surface area (Å²) >= 11 is 10.2. The van der Waals surface area contributed by atoms with Gasteiger partial charge in [0.05, 0.1) is 0 Å². The molecular weight excluding hydrogens is 558 g/mol. The first kappa shape index (κ1) is 29.3. The Labute approximate surface area is 238 Å². The van der Waals surface area contributed by atoms with E-state index < -0.39 is 0 Å². The first-order chi connectivity index (χ1) is 17.5. The molecule has 2 N–H and O–H groups in total. The fourth-order valence-corrected chi connectivity index (χ4v) is 2.97. The van der Waals surface area contributed by atoms with Crippen LogP contribution in [-0.4, -0.2) is 31.9 Å². The standard InChI is InChI=1S/2C13H11N3OS.Zn/c2*17-12(11-8-4-5-9-14-11)15-16-13(18)10-6-2-1-3-7-10;/h2*1-9H,(H,15,17)(H,16,18);/q;;+2/p-2. The molecule has 0 radical (unpaired) electrons. The van der Waals surface area contributed by atoms with E-state index in [1.165, 1.54) is 0 Å². The molecule has 0 aliphatic rings. The number of pyridine rings is 2. The van der Waals surface area contributed by atoms with Crippen LogP contribution in [0.25, 0.3) is 0 Å². The van der Waals surface area contributed by atoms with E-state index in [0.29, 0.717) is 21.5 Å². The Kier molecular flexibility index (Phi) is 12.6. The van der Waals surface area contributed by atoms with Crippen molar-refractivity contribution in [1.29, 1.82) is 0 Å². The Bertz CT molecular complexity index is 1220. The molecule has 2 amide bonds. The van der Waals surface area contributed by atoms with Gasteiger partial charge in [-0.05, 0) is 35.4 Å². The molecule has 0 aliphatic carbocycles. The Morgan fingerprint density at radius 2 is 0.919 bits per heavy atom. The van der Waals surface area contributed by atoms with E-state index in [4.69, 9.17) is 25.3 Å². The van der Waals surface area contributed by atoms with E-state index in [9.17, 15) is 9.59 Å². The van der Waals surface area contributed by atoms with Gasteiger partial charge in [0.15, 0.2) is 0 Å². The molecule has 0 bridgehead atoms. The zero-order valence-corrected chi connectivity index (χ0v) is 24.1. The summed E-state index contributed by atoms with van der Waals surface area (Å²) in [7, 11) is 0. The zero-order valence-electron chi connectivity index (χ0n) is 19.5. The van der Waals surface area contributed by atoms with Gasteiger partial charge in [0.2, 0.25) is 0 Å². The van der Waals surface area contributed by atoms with E-state index in [0.717, 1.165) is 11.1 Å². The molecule has 0 atom stereocenters. The number of hydrogen-bond donors (Lipinski definition) is 2. The molecule has 0 saturated carbocycles. The minimum Gasteiger partial charge on any atom is -0.758 e. The molecule has 0 saturated heterocycles. The van der Waals surface area contributed by atoms with Crippen molar-refractivity contribution in [3.8, 4) is 0 Å². The van der Waals surface area contributed by atoms with E-state index in [1.54, 1.807) is 48.8 Å². The number of aromatic nitrogens is 2. The molecule has 0 aliphatic heterocycles. The Hall–Kier alpha value is -3.92. The Morgan fingerprint density at radius 3 is 1.24 bits per heavy atom. The number of rotatable bonds is 6. The van der Waals surface area contributed by atoms with Gasteiger partial charge >= 0.3 is 19.5 Å². The smallest absolute Gasteiger partial charge is 0.758 e. The summed E-state index contributed by atoms with van der Waals surface area (Å²) in [6.07, 6.45) is 3.09. The summed E-state index contributed by atoms with van der Waals surface area (Å²) in [5, 5.41) is 8.39. The van der Waals surface area contributed by atoms with E-state index in [2.05, 4.69) is 31.0 Å². The van der Waals surface area contributed by atoms with Gasteiger partial charge in [-0.3, -0.25) is 19.6 Å². The number of hydrazone groups is 2. The van der Waals surface area contributed by atoms with E-state index in [1.807, 2.05) is 60.7 Å². The van der Waals surface area contributed by atoms with Crippen LogP contribution in [0.3, 0.4) is 0 Å². The number of hydrogen-bond acceptors (Lipinski definition) is 8. The van der Waals surface area contributed by atoms with Crippen molar-refractivity contribution in [1.82, 2.24) is 20.8 Å². The third-order valence-corrected chi connectivity index (χ3v) is 5.01. The molecule has 8 nitrogen and oxygen atoms in total. The SMILES string of the molecule is O=C(N/N=C(\[S-])c1ccccc1)c1ccccn1.O=C(N/N=C(\[S-])c1ccccc1)c1ccccn1.[Zn+2]. The predicted molar refractivity (Wildman–Crippen MR) is 144 cm³/mol. The largest absolute Gasteiger partial charge is 2.00 e. The molecule has 11 heteroatoms. The van der Waals surface area contributed by atoms with Crippen LogP contribution in [0, 0.1) is 0 Å². The van der Waals surface area contributed by atoms with Gasteiger partial charge < -0.3 is 25.3 Å². The minimum absolute atomic E-state index is 0. The van der Waals surface area contributed by atoms with Crippen LogP contribution in [0.5, 0.6) is 0 Å². The van der Waals surface area contributed by atoms with Crippen molar-refractivity contribution >= 4 is 47.2 Å². The Morgan fingerprint density at radius 1 is 0.568 bits per heavy atom. The third kappa shape index (κ3) is 9.93. The van der Waals surface area contributed by atoms with Gasteiger partial charge in [-0.25, -0.2) is 21.1 Å². The van der Waals surface area contributed by atoms with Crippen LogP contribution in [0.15, 0.2) is 120 Å². The van der Waals surface area contributed by atoms with Crippen molar-refractivity contribution in [3.63, 3.8) is 0 Å². The fourth-order valence-electron chi connectivity index (χ4n) is 2.60. The van der Waals surface area contributed by atoms with Gasteiger partial charge in [-0.15, -0.1) is 0 Å². The first-order valence-electron chi connectivity index (χ1n) is 10.6. The molecule has 2 aromatic carbocycles. The van der Waals surface area contributed by atoms with Gasteiger partial charge in [0.1, 0.15) is 11.4 Å². The van der Waals surface area contributed by atoms with Gasteiger partial charge in [0.25, 0.3) is 11.8 Å². The maximum absolute atomic E-state index is 11.7. The van der Waals surface area contributed by atoms with Crippen LogP contribution < -0.4 is 10.9 Å². The Balaban J connectivity index is 0.000000253. The zero-order chi connectivity index (χ0) is 25.6. The van der Waals surface area contributed by atoms with Crippen molar-refractivity contribution < 1.29 is 29.1 Å². The van der Waals surface area contributed by atoms with Crippen LogP contribution in [0.4, 0.5) is 0 Å². The second-order valence-electron chi connectivity index (χ2n) is 6.88. The molecule has 0 fully saturated rings. The number of amides is 2. The summed E-state index contributed by atoms with van der Waals surface area (Å²) < 4.78 is 0. The van der Waals surface area contributed by atoms with Crippen molar-refractivity contribution in [2.75, 3.05) is 0 Å². The summed E-state index contributed by atoms with van der Waals surface area (Å²) in [4.78, 5) is 31.1. The van der Waals surface area contributed by atoms with E-state index >= 15 is 0 Å². The van der Waals surface area contributed by atoms with Crippen molar-refractivity contribution in [2.45, 2.75) is 0 Å².